The fraction of sp³-hybridized carbons (Fsp3) is 0.0952. The van der Waals surface area contributed by atoms with Gasteiger partial charge < -0.3 is 4.52 Å². The summed E-state index contributed by atoms with van der Waals surface area (Å²) in [6.45, 7) is 3.84. The highest BCUT2D eigenvalue weighted by Gasteiger charge is 2.43. The monoisotopic (exact) mass is 348 g/mol. The van der Waals surface area contributed by atoms with Crippen LogP contribution in [0.25, 0.3) is 11.1 Å². The maximum absolute atomic E-state index is 13.8. The van der Waals surface area contributed by atoms with E-state index in [0.717, 1.165) is 22.3 Å². The van der Waals surface area contributed by atoms with Gasteiger partial charge in [0, 0.05) is 11.1 Å². The summed E-state index contributed by atoms with van der Waals surface area (Å²) in [4.78, 5) is 13.2. The summed E-state index contributed by atoms with van der Waals surface area (Å²) < 4.78 is 19.6. The van der Waals surface area contributed by atoms with E-state index in [1.165, 1.54) is 0 Å². The van der Waals surface area contributed by atoms with Crippen molar-refractivity contribution in [3.05, 3.63) is 83.4 Å². The van der Waals surface area contributed by atoms with Crippen LogP contribution in [0.5, 0.6) is 5.75 Å². The fourth-order valence-electron chi connectivity index (χ4n) is 3.33. The molecule has 0 fully saturated rings. The van der Waals surface area contributed by atoms with Gasteiger partial charge in [-0.15, -0.1) is 0 Å². The standard InChI is InChI=1S/C21H17O3P/c1-14-11-15(2)13-16(12-14)21(22)25(23)20-10-6-4-8-18(20)17-7-3-5-9-19(17)24-25/h3-13H,1-2H3. The summed E-state index contributed by atoms with van der Waals surface area (Å²) in [5.74, 6) is 0.488. The molecule has 3 nitrogen and oxygen atoms in total. The smallest absolute Gasteiger partial charge is 0.347 e. The van der Waals surface area contributed by atoms with Crippen LogP contribution in [-0.4, -0.2) is 5.52 Å². The molecule has 0 radical (unpaired) electrons. The third-order valence-corrected chi connectivity index (χ3v) is 6.63. The van der Waals surface area contributed by atoms with E-state index in [1.54, 1.807) is 30.3 Å². The van der Waals surface area contributed by atoms with Gasteiger partial charge in [-0.3, -0.25) is 9.36 Å². The average Bonchev–Trinajstić information content (AvgIpc) is 2.60. The van der Waals surface area contributed by atoms with Gasteiger partial charge in [0.15, 0.2) is 0 Å². The van der Waals surface area contributed by atoms with Crippen molar-refractivity contribution in [1.82, 2.24) is 0 Å². The van der Waals surface area contributed by atoms with Crippen molar-refractivity contribution in [3.8, 4) is 16.9 Å². The molecule has 0 saturated carbocycles. The molecule has 0 spiro atoms. The number of aryl methyl sites for hydroxylation is 2. The highest BCUT2D eigenvalue weighted by molar-refractivity contribution is 7.84. The maximum atomic E-state index is 13.8. The number of hydrogen-bond donors (Lipinski definition) is 0. The SMILES string of the molecule is Cc1cc(C)cc(C(=O)P2(=O)Oc3ccccc3-c3ccccc32)c1. The van der Waals surface area contributed by atoms with Crippen molar-refractivity contribution >= 4 is 18.2 Å². The van der Waals surface area contributed by atoms with Crippen LogP contribution in [0.2, 0.25) is 0 Å². The first kappa shape index (κ1) is 15.9. The molecular formula is C21H17O3P. The normalized spacial score (nSPS) is 18.0. The first-order chi connectivity index (χ1) is 12.0. The van der Waals surface area contributed by atoms with Gasteiger partial charge >= 0.3 is 7.37 Å². The second-order valence-electron chi connectivity index (χ2n) is 6.34. The van der Waals surface area contributed by atoms with E-state index in [4.69, 9.17) is 4.52 Å². The van der Waals surface area contributed by atoms with Crippen LogP contribution in [0, 0.1) is 13.8 Å². The minimum Gasteiger partial charge on any atom is -0.434 e. The number of benzene rings is 3. The lowest BCUT2D eigenvalue weighted by atomic mass is 10.0. The molecule has 3 aromatic rings. The molecule has 0 saturated heterocycles. The average molecular weight is 348 g/mol. The third-order valence-electron chi connectivity index (χ3n) is 4.36. The Balaban J connectivity index is 1.93. The van der Waals surface area contributed by atoms with E-state index in [2.05, 4.69) is 0 Å². The highest BCUT2D eigenvalue weighted by Crippen LogP contribution is 2.56. The molecule has 0 N–H and O–H groups in total. The molecule has 4 heteroatoms. The summed E-state index contributed by atoms with van der Waals surface area (Å²) in [5.41, 5.74) is 3.54. The lowest BCUT2D eigenvalue weighted by Crippen LogP contribution is -2.23. The minimum absolute atomic E-state index is 0.426. The van der Waals surface area contributed by atoms with Crippen LogP contribution in [-0.2, 0) is 4.57 Å². The van der Waals surface area contributed by atoms with Gasteiger partial charge in [-0.2, -0.15) is 0 Å². The largest absolute Gasteiger partial charge is 0.434 e. The molecule has 1 heterocycles. The van der Waals surface area contributed by atoms with Gasteiger partial charge in [0.2, 0.25) is 0 Å². The van der Waals surface area contributed by atoms with Gasteiger partial charge in [0.1, 0.15) is 5.75 Å². The molecule has 25 heavy (non-hydrogen) atoms. The number of rotatable bonds is 2. The zero-order chi connectivity index (χ0) is 17.6. The Morgan fingerprint density at radius 2 is 1.44 bits per heavy atom. The molecule has 4 rings (SSSR count). The number of carbonyl (C=O) groups excluding carboxylic acids is 1. The molecule has 0 bridgehead atoms. The maximum Gasteiger partial charge on any atom is 0.347 e. The zero-order valence-corrected chi connectivity index (χ0v) is 14.9. The number of para-hydroxylation sites is 1. The van der Waals surface area contributed by atoms with Crippen molar-refractivity contribution in [2.75, 3.05) is 0 Å². The van der Waals surface area contributed by atoms with Crippen molar-refractivity contribution in [2.24, 2.45) is 0 Å². The molecule has 1 unspecified atom stereocenters. The summed E-state index contributed by atoms with van der Waals surface area (Å²) in [6, 6.07) is 20.2. The Labute approximate surface area is 146 Å². The molecule has 1 aliphatic heterocycles. The summed E-state index contributed by atoms with van der Waals surface area (Å²) >= 11 is 0. The third kappa shape index (κ3) is 2.52. The van der Waals surface area contributed by atoms with E-state index in [0.29, 0.717) is 16.6 Å². The fourth-order valence-corrected chi connectivity index (χ4v) is 5.43. The predicted molar refractivity (Wildman–Crippen MR) is 100.0 cm³/mol. The van der Waals surface area contributed by atoms with E-state index < -0.39 is 12.9 Å². The Morgan fingerprint density at radius 1 is 0.840 bits per heavy atom. The Morgan fingerprint density at radius 3 is 2.16 bits per heavy atom. The summed E-state index contributed by atoms with van der Waals surface area (Å²) in [5, 5.41) is 0.470. The van der Waals surface area contributed by atoms with Crippen molar-refractivity contribution in [1.29, 1.82) is 0 Å². The van der Waals surface area contributed by atoms with Gasteiger partial charge in [-0.05, 0) is 43.7 Å². The van der Waals surface area contributed by atoms with Gasteiger partial charge in [0.25, 0.3) is 5.52 Å². The first-order valence-corrected chi connectivity index (χ1v) is 9.73. The molecule has 0 aromatic heterocycles. The van der Waals surface area contributed by atoms with Crippen LogP contribution < -0.4 is 9.83 Å². The first-order valence-electron chi connectivity index (χ1n) is 8.11. The van der Waals surface area contributed by atoms with E-state index in [1.807, 2.05) is 50.2 Å². The molecule has 1 aliphatic rings. The van der Waals surface area contributed by atoms with E-state index in [9.17, 15) is 9.36 Å². The second kappa shape index (κ2) is 5.72. The van der Waals surface area contributed by atoms with Crippen molar-refractivity contribution in [3.63, 3.8) is 0 Å². The molecular weight excluding hydrogens is 331 g/mol. The van der Waals surface area contributed by atoms with Crippen LogP contribution in [0.1, 0.15) is 21.5 Å². The van der Waals surface area contributed by atoms with Crippen LogP contribution >= 0.6 is 7.37 Å². The number of carbonyl (C=O) groups is 1. The topological polar surface area (TPSA) is 43.4 Å². The number of hydrogen-bond acceptors (Lipinski definition) is 3. The van der Waals surface area contributed by atoms with Crippen molar-refractivity contribution < 1.29 is 13.9 Å². The minimum atomic E-state index is -3.73. The van der Waals surface area contributed by atoms with Gasteiger partial charge in [-0.1, -0.05) is 53.6 Å². The Kier molecular flexibility index (Phi) is 3.63. The van der Waals surface area contributed by atoms with Crippen LogP contribution in [0.15, 0.2) is 66.7 Å². The highest BCUT2D eigenvalue weighted by atomic mass is 31.2. The lowest BCUT2D eigenvalue weighted by Gasteiger charge is -2.27. The number of fused-ring (bicyclic) bond motifs is 3. The molecule has 0 amide bonds. The molecule has 1 atom stereocenters. The van der Waals surface area contributed by atoms with Crippen LogP contribution in [0.4, 0.5) is 0 Å². The lowest BCUT2D eigenvalue weighted by molar-refractivity contribution is 0.106. The van der Waals surface area contributed by atoms with Gasteiger partial charge in [0.05, 0.1) is 5.30 Å². The summed E-state index contributed by atoms with van der Waals surface area (Å²) in [6.07, 6.45) is 0. The van der Waals surface area contributed by atoms with Crippen molar-refractivity contribution in [2.45, 2.75) is 13.8 Å². The Bertz CT molecular complexity index is 1030. The second-order valence-corrected chi connectivity index (χ2v) is 8.51. The van der Waals surface area contributed by atoms with Crippen LogP contribution in [0.3, 0.4) is 0 Å². The van der Waals surface area contributed by atoms with Gasteiger partial charge in [-0.25, -0.2) is 0 Å². The quantitative estimate of drug-likeness (QED) is 0.605. The predicted octanol–water partition coefficient (Wildman–Crippen LogP) is 5.11. The molecule has 3 aromatic carbocycles. The summed E-state index contributed by atoms with van der Waals surface area (Å²) in [7, 11) is -3.73. The zero-order valence-electron chi connectivity index (χ0n) is 14.0. The van der Waals surface area contributed by atoms with E-state index >= 15 is 0 Å². The molecule has 0 aliphatic carbocycles. The Hall–Kier alpha value is -2.64. The van der Waals surface area contributed by atoms with E-state index in [-0.39, 0.29) is 0 Å². The molecule has 124 valence electrons.